The smallest absolute Gasteiger partial charge is 0.134 e. The summed E-state index contributed by atoms with van der Waals surface area (Å²) < 4.78 is 0. The molecule has 2 heterocycles. The Hall–Kier alpha value is -1.77. The Kier molecular flexibility index (Phi) is 1.63. The van der Waals surface area contributed by atoms with Crippen LogP contribution in [0.1, 0.15) is 5.56 Å². The molecule has 15 heavy (non-hydrogen) atoms. The highest BCUT2D eigenvalue weighted by Crippen LogP contribution is 2.34. The van der Waals surface area contributed by atoms with Gasteiger partial charge < -0.3 is 10.6 Å². The van der Waals surface area contributed by atoms with Gasteiger partial charge in [0.15, 0.2) is 0 Å². The van der Waals surface area contributed by atoms with Gasteiger partial charge in [0.1, 0.15) is 5.82 Å². The predicted molar refractivity (Wildman–Crippen MR) is 63.1 cm³/mol. The number of pyridine rings is 1. The molecule has 1 aliphatic rings. The second-order valence-electron chi connectivity index (χ2n) is 4.02. The van der Waals surface area contributed by atoms with Gasteiger partial charge in [-0.15, -0.1) is 0 Å². The van der Waals surface area contributed by atoms with Crippen molar-refractivity contribution in [2.45, 2.75) is 6.42 Å². The summed E-state index contributed by atoms with van der Waals surface area (Å²) in [7, 11) is 2.06. The molecule has 2 N–H and O–H groups in total. The molecule has 0 fully saturated rings. The molecule has 3 nitrogen and oxygen atoms in total. The van der Waals surface area contributed by atoms with Crippen molar-refractivity contribution in [1.29, 1.82) is 0 Å². The van der Waals surface area contributed by atoms with E-state index in [0.29, 0.717) is 0 Å². The summed E-state index contributed by atoms with van der Waals surface area (Å²) in [6.45, 7) is 1.02. The fourth-order valence-corrected chi connectivity index (χ4v) is 2.21. The predicted octanol–water partition coefficient (Wildman–Crippen LogP) is 1.81. The fourth-order valence-electron chi connectivity index (χ4n) is 2.21. The Morgan fingerprint density at radius 3 is 3.00 bits per heavy atom. The Balaban J connectivity index is 2.41. The Bertz CT molecular complexity index is 534. The van der Waals surface area contributed by atoms with E-state index in [1.807, 2.05) is 24.3 Å². The Labute approximate surface area is 88.5 Å². The van der Waals surface area contributed by atoms with Gasteiger partial charge in [-0.3, -0.25) is 0 Å². The van der Waals surface area contributed by atoms with Gasteiger partial charge >= 0.3 is 0 Å². The van der Waals surface area contributed by atoms with E-state index in [4.69, 9.17) is 5.73 Å². The third-order valence-corrected chi connectivity index (χ3v) is 3.07. The highest BCUT2D eigenvalue weighted by molar-refractivity contribution is 5.94. The van der Waals surface area contributed by atoms with E-state index < -0.39 is 0 Å². The number of likely N-dealkylation sites (N-methyl/N-ethyl adjacent to an activating group) is 1. The molecule has 0 bridgehead atoms. The van der Waals surface area contributed by atoms with E-state index in [2.05, 4.69) is 16.9 Å². The first-order chi connectivity index (χ1) is 7.27. The second kappa shape index (κ2) is 2.86. The molecule has 76 valence electrons. The number of hydrogen-bond donors (Lipinski definition) is 1. The van der Waals surface area contributed by atoms with Crippen LogP contribution in [0.25, 0.3) is 10.9 Å². The fraction of sp³-hybridized carbons (Fsp3) is 0.250. The van der Waals surface area contributed by atoms with Gasteiger partial charge in [-0.05, 0) is 12.5 Å². The minimum Gasteiger partial charge on any atom is -0.398 e. The number of hydrogen-bond acceptors (Lipinski definition) is 3. The minimum atomic E-state index is 0.903. The van der Waals surface area contributed by atoms with Crippen LogP contribution in [-0.4, -0.2) is 18.6 Å². The number of para-hydroxylation sites is 1. The van der Waals surface area contributed by atoms with E-state index in [9.17, 15) is 0 Å². The van der Waals surface area contributed by atoms with Gasteiger partial charge in [0.05, 0.1) is 5.52 Å². The van der Waals surface area contributed by atoms with Crippen LogP contribution in [-0.2, 0) is 6.42 Å². The van der Waals surface area contributed by atoms with E-state index in [1.165, 1.54) is 5.56 Å². The SMILES string of the molecule is CN1CCc2c1nc1ccccc1c2N. The molecule has 0 amide bonds. The average molecular weight is 199 g/mol. The van der Waals surface area contributed by atoms with E-state index in [-0.39, 0.29) is 0 Å². The molecule has 0 saturated carbocycles. The van der Waals surface area contributed by atoms with E-state index >= 15 is 0 Å². The lowest BCUT2D eigenvalue weighted by molar-refractivity contribution is 0.947. The molecular formula is C12H13N3. The number of nitrogens with two attached hydrogens (primary N) is 1. The molecule has 0 saturated heterocycles. The summed E-state index contributed by atoms with van der Waals surface area (Å²) in [5.74, 6) is 1.05. The molecule has 0 atom stereocenters. The number of aromatic nitrogens is 1. The molecule has 0 radical (unpaired) electrons. The third kappa shape index (κ3) is 1.09. The number of nitrogens with zero attached hydrogens (tertiary/aromatic N) is 2. The van der Waals surface area contributed by atoms with Crippen LogP contribution in [0.3, 0.4) is 0 Å². The van der Waals surface area contributed by atoms with Crippen LogP contribution in [0.15, 0.2) is 24.3 Å². The summed E-state index contributed by atoms with van der Waals surface area (Å²) in [6, 6.07) is 8.05. The molecule has 0 unspecified atom stereocenters. The van der Waals surface area contributed by atoms with Gasteiger partial charge in [-0.25, -0.2) is 4.98 Å². The van der Waals surface area contributed by atoms with Crippen molar-refractivity contribution < 1.29 is 0 Å². The Morgan fingerprint density at radius 2 is 2.13 bits per heavy atom. The van der Waals surface area contributed by atoms with Crippen molar-refractivity contribution >= 4 is 22.4 Å². The number of fused-ring (bicyclic) bond motifs is 2. The summed E-state index contributed by atoms with van der Waals surface area (Å²) >= 11 is 0. The summed E-state index contributed by atoms with van der Waals surface area (Å²) in [4.78, 5) is 6.81. The van der Waals surface area contributed by atoms with Crippen molar-refractivity contribution in [1.82, 2.24) is 4.98 Å². The van der Waals surface area contributed by atoms with Gasteiger partial charge in [0.25, 0.3) is 0 Å². The first kappa shape index (κ1) is 8.53. The lowest BCUT2D eigenvalue weighted by Crippen LogP contribution is -2.13. The van der Waals surface area contributed by atoms with Crippen LogP contribution in [0, 0.1) is 0 Å². The van der Waals surface area contributed by atoms with E-state index in [0.717, 1.165) is 35.4 Å². The molecule has 2 aromatic rings. The maximum absolute atomic E-state index is 6.17. The van der Waals surface area contributed by atoms with Gasteiger partial charge in [-0.1, -0.05) is 18.2 Å². The number of anilines is 2. The highest BCUT2D eigenvalue weighted by Gasteiger charge is 2.21. The van der Waals surface area contributed by atoms with Crippen LogP contribution >= 0.6 is 0 Å². The number of rotatable bonds is 0. The normalized spacial score (nSPS) is 14.6. The first-order valence-electron chi connectivity index (χ1n) is 5.15. The number of nitrogen functional groups attached to an aromatic ring is 1. The quantitative estimate of drug-likeness (QED) is 0.703. The first-order valence-corrected chi connectivity index (χ1v) is 5.15. The van der Waals surface area contributed by atoms with Crippen molar-refractivity contribution in [3.8, 4) is 0 Å². The Morgan fingerprint density at radius 1 is 1.33 bits per heavy atom. The standard InChI is InChI=1S/C12H13N3/c1-15-7-6-9-11(13)8-4-2-3-5-10(8)14-12(9)15/h2-5H,6-7H2,1H3,(H2,13,14). The zero-order valence-electron chi connectivity index (χ0n) is 8.70. The van der Waals surface area contributed by atoms with Gasteiger partial charge in [0.2, 0.25) is 0 Å². The molecule has 0 aliphatic carbocycles. The molecule has 1 aliphatic heterocycles. The average Bonchev–Trinajstić information content (AvgIpc) is 2.62. The maximum Gasteiger partial charge on any atom is 0.134 e. The topological polar surface area (TPSA) is 42.2 Å². The maximum atomic E-state index is 6.17. The molecule has 3 heteroatoms. The van der Waals surface area contributed by atoms with Gasteiger partial charge in [-0.2, -0.15) is 0 Å². The van der Waals surface area contributed by atoms with Crippen molar-refractivity contribution in [2.24, 2.45) is 0 Å². The lowest BCUT2D eigenvalue weighted by atomic mass is 10.1. The summed E-state index contributed by atoms with van der Waals surface area (Å²) in [5.41, 5.74) is 9.26. The lowest BCUT2D eigenvalue weighted by Gasteiger charge is -2.12. The van der Waals surface area contributed by atoms with Crippen molar-refractivity contribution in [3.05, 3.63) is 29.8 Å². The molecule has 3 rings (SSSR count). The van der Waals surface area contributed by atoms with Crippen molar-refractivity contribution in [2.75, 3.05) is 24.2 Å². The molecule has 0 spiro atoms. The van der Waals surface area contributed by atoms with Crippen molar-refractivity contribution in [3.63, 3.8) is 0 Å². The second-order valence-corrected chi connectivity index (χ2v) is 4.02. The minimum absolute atomic E-state index is 0.903. The zero-order valence-corrected chi connectivity index (χ0v) is 8.70. The molecule has 1 aromatic carbocycles. The molecular weight excluding hydrogens is 186 g/mol. The van der Waals surface area contributed by atoms with Crippen LogP contribution in [0.2, 0.25) is 0 Å². The highest BCUT2D eigenvalue weighted by atomic mass is 15.2. The van der Waals surface area contributed by atoms with Crippen LogP contribution in [0.4, 0.5) is 11.5 Å². The molecule has 1 aromatic heterocycles. The van der Waals surface area contributed by atoms with Gasteiger partial charge in [0, 0.05) is 30.2 Å². The summed E-state index contributed by atoms with van der Waals surface area (Å²) in [5, 5.41) is 1.08. The van der Waals surface area contributed by atoms with Crippen LogP contribution in [0.5, 0.6) is 0 Å². The van der Waals surface area contributed by atoms with Crippen LogP contribution < -0.4 is 10.6 Å². The summed E-state index contributed by atoms with van der Waals surface area (Å²) in [6.07, 6.45) is 1.01. The monoisotopic (exact) mass is 199 g/mol. The largest absolute Gasteiger partial charge is 0.398 e. The number of benzene rings is 1. The zero-order chi connectivity index (χ0) is 10.4. The third-order valence-electron chi connectivity index (χ3n) is 3.07. The van der Waals surface area contributed by atoms with E-state index in [1.54, 1.807) is 0 Å².